The number of benzene rings is 1. The second kappa shape index (κ2) is 3.41. The first kappa shape index (κ1) is 10.3. The standard InChI is InChI=1S/C10H10F2IN/c11-7-4-6(5-8(12)9(7)13)10(14)2-1-3-10/h4-5H,1-3,14H2. The molecule has 1 saturated carbocycles. The molecule has 4 heteroatoms. The van der Waals surface area contributed by atoms with E-state index in [-0.39, 0.29) is 3.57 Å². The van der Waals surface area contributed by atoms with E-state index in [0.29, 0.717) is 5.56 Å². The van der Waals surface area contributed by atoms with Crippen LogP contribution in [0.1, 0.15) is 24.8 Å². The van der Waals surface area contributed by atoms with Crippen molar-refractivity contribution in [3.05, 3.63) is 32.9 Å². The normalized spacial score (nSPS) is 19.1. The Hall–Kier alpha value is -0.230. The highest BCUT2D eigenvalue weighted by atomic mass is 127. The van der Waals surface area contributed by atoms with Gasteiger partial charge in [-0.3, -0.25) is 0 Å². The summed E-state index contributed by atoms with van der Waals surface area (Å²) in [7, 11) is 0. The van der Waals surface area contributed by atoms with Gasteiger partial charge in [-0.15, -0.1) is 0 Å². The van der Waals surface area contributed by atoms with E-state index in [4.69, 9.17) is 5.73 Å². The van der Waals surface area contributed by atoms with Crippen molar-refractivity contribution >= 4 is 22.6 Å². The van der Waals surface area contributed by atoms with Crippen LogP contribution in [0.3, 0.4) is 0 Å². The Morgan fingerprint density at radius 3 is 2.07 bits per heavy atom. The molecular weight excluding hydrogens is 299 g/mol. The van der Waals surface area contributed by atoms with Gasteiger partial charge in [0.05, 0.1) is 3.57 Å². The molecule has 76 valence electrons. The lowest BCUT2D eigenvalue weighted by Crippen LogP contribution is -2.43. The second-order valence-corrected chi connectivity index (χ2v) is 4.84. The van der Waals surface area contributed by atoms with Gasteiger partial charge in [-0.05, 0) is 59.5 Å². The van der Waals surface area contributed by atoms with Gasteiger partial charge in [-0.2, -0.15) is 0 Å². The summed E-state index contributed by atoms with van der Waals surface area (Å²) in [4.78, 5) is 0. The van der Waals surface area contributed by atoms with Crippen molar-refractivity contribution in [3.8, 4) is 0 Å². The van der Waals surface area contributed by atoms with Gasteiger partial charge in [0.1, 0.15) is 11.6 Å². The maximum absolute atomic E-state index is 13.2. The van der Waals surface area contributed by atoms with Gasteiger partial charge in [0.15, 0.2) is 0 Å². The fourth-order valence-corrected chi connectivity index (χ4v) is 2.00. The van der Waals surface area contributed by atoms with Crippen molar-refractivity contribution in [2.24, 2.45) is 5.73 Å². The molecule has 0 amide bonds. The average Bonchev–Trinajstić information content (AvgIpc) is 2.09. The van der Waals surface area contributed by atoms with Crippen LogP contribution in [0.25, 0.3) is 0 Å². The van der Waals surface area contributed by atoms with E-state index in [9.17, 15) is 8.78 Å². The second-order valence-electron chi connectivity index (χ2n) is 3.76. The fourth-order valence-electron chi connectivity index (χ4n) is 1.69. The highest BCUT2D eigenvalue weighted by Gasteiger charge is 2.35. The molecule has 1 fully saturated rings. The molecular formula is C10H10F2IN. The summed E-state index contributed by atoms with van der Waals surface area (Å²) in [6, 6.07) is 2.70. The molecule has 0 atom stereocenters. The van der Waals surface area contributed by atoms with Crippen molar-refractivity contribution in [2.45, 2.75) is 24.8 Å². The van der Waals surface area contributed by atoms with Gasteiger partial charge in [0, 0.05) is 5.54 Å². The molecule has 1 aliphatic rings. The van der Waals surface area contributed by atoms with Crippen LogP contribution in [0, 0.1) is 15.2 Å². The van der Waals surface area contributed by atoms with Crippen LogP contribution in [0.15, 0.2) is 12.1 Å². The number of hydrogen-bond acceptors (Lipinski definition) is 1. The maximum atomic E-state index is 13.2. The van der Waals surface area contributed by atoms with Crippen molar-refractivity contribution in [2.75, 3.05) is 0 Å². The Labute approximate surface area is 94.8 Å². The lowest BCUT2D eigenvalue weighted by molar-refractivity contribution is 0.251. The summed E-state index contributed by atoms with van der Waals surface area (Å²) in [5.41, 5.74) is 6.06. The predicted molar refractivity (Wildman–Crippen MR) is 58.8 cm³/mol. The molecule has 1 nitrogen and oxygen atoms in total. The third kappa shape index (κ3) is 1.54. The minimum absolute atomic E-state index is 0.0364. The Morgan fingerprint density at radius 1 is 1.21 bits per heavy atom. The van der Waals surface area contributed by atoms with E-state index in [0.717, 1.165) is 19.3 Å². The molecule has 0 aliphatic heterocycles. The van der Waals surface area contributed by atoms with Gasteiger partial charge in [0.2, 0.25) is 0 Å². The maximum Gasteiger partial charge on any atom is 0.139 e. The van der Waals surface area contributed by atoms with Crippen molar-refractivity contribution < 1.29 is 8.78 Å². The highest BCUT2D eigenvalue weighted by molar-refractivity contribution is 14.1. The molecule has 0 radical (unpaired) electrons. The lowest BCUT2D eigenvalue weighted by Gasteiger charge is -2.38. The quantitative estimate of drug-likeness (QED) is 0.626. The zero-order chi connectivity index (χ0) is 10.3. The molecule has 1 aliphatic carbocycles. The average molecular weight is 309 g/mol. The van der Waals surface area contributed by atoms with Crippen molar-refractivity contribution in [1.82, 2.24) is 0 Å². The van der Waals surface area contributed by atoms with E-state index in [1.807, 2.05) is 0 Å². The molecule has 1 aromatic carbocycles. The number of hydrogen-bond donors (Lipinski definition) is 1. The molecule has 14 heavy (non-hydrogen) atoms. The Balaban J connectivity index is 2.45. The molecule has 0 heterocycles. The molecule has 2 N–H and O–H groups in total. The van der Waals surface area contributed by atoms with Crippen LogP contribution in [0.2, 0.25) is 0 Å². The molecule has 0 spiro atoms. The summed E-state index contributed by atoms with van der Waals surface area (Å²) in [6.07, 6.45) is 2.66. The van der Waals surface area contributed by atoms with Crippen LogP contribution in [0.5, 0.6) is 0 Å². The molecule has 0 saturated heterocycles. The van der Waals surface area contributed by atoms with Gasteiger partial charge in [-0.25, -0.2) is 8.78 Å². The van der Waals surface area contributed by atoms with Crippen molar-refractivity contribution in [3.63, 3.8) is 0 Å². The van der Waals surface area contributed by atoms with Gasteiger partial charge < -0.3 is 5.73 Å². The molecule has 0 unspecified atom stereocenters. The van der Waals surface area contributed by atoms with E-state index >= 15 is 0 Å². The molecule has 2 rings (SSSR count). The van der Waals surface area contributed by atoms with Crippen LogP contribution < -0.4 is 5.73 Å². The first-order chi connectivity index (χ1) is 6.53. The predicted octanol–water partition coefficient (Wildman–Crippen LogP) is 2.91. The molecule has 0 bridgehead atoms. The van der Waals surface area contributed by atoms with Crippen molar-refractivity contribution in [1.29, 1.82) is 0 Å². The summed E-state index contributed by atoms with van der Waals surface area (Å²) >= 11 is 1.65. The van der Waals surface area contributed by atoms with Gasteiger partial charge >= 0.3 is 0 Å². The number of halogens is 3. The lowest BCUT2D eigenvalue weighted by atomic mass is 9.73. The Kier molecular flexibility index (Phi) is 2.51. The number of rotatable bonds is 1. The zero-order valence-electron chi connectivity index (χ0n) is 7.49. The molecule has 0 aromatic heterocycles. The van der Waals surface area contributed by atoms with E-state index in [1.54, 1.807) is 22.6 Å². The molecule has 1 aromatic rings. The first-order valence-electron chi connectivity index (χ1n) is 4.47. The van der Waals surface area contributed by atoms with Gasteiger partial charge in [-0.1, -0.05) is 0 Å². The van der Waals surface area contributed by atoms with E-state index < -0.39 is 17.2 Å². The fraction of sp³-hybridized carbons (Fsp3) is 0.400. The Bertz CT molecular complexity index is 351. The summed E-state index contributed by atoms with van der Waals surface area (Å²) in [5.74, 6) is -1.03. The number of nitrogens with two attached hydrogens (primary N) is 1. The topological polar surface area (TPSA) is 26.0 Å². The third-order valence-electron chi connectivity index (χ3n) is 2.80. The third-order valence-corrected chi connectivity index (χ3v) is 3.84. The van der Waals surface area contributed by atoms with Crippen LogP contribution in [0.4, 0.5) is 8.78 Å². The van der Waals surface area contributed by atoms with E-state index in [1.165, 1.54) is 12.1 Å². The summed E-state index contributed by atoms with van der Waals surface area (Å²) < 4.78 is 26.5. The van der Waals surface area contributed by atoms with Crippen LogP contribution >= 0.6 is 22.6 Å². The minimum Gasteiger partial charge on any atom is -0.321 e. The van der Waals surface area contributed by atoms with Crippen LogP contribution in [-0.4, -0.2) is 0 Å². The Morgan fingerprint density at radius 2 is 1.71 bits per heavy atom. The minimum atomic E-state index is -0.516. The van der Waals surface area contributed by atoms with E-state index in [2.05, 4.69) is 0 Å². The monoisotopic (exact) mass is 309 g/mol. The van der Waals surface area contributed by atoms with Crippen LogP contribution in [-0.2, 0) is 5.54 Å². The largest absolute Gasteiger partial charge is 0.321 e. The first-order valence-corrected chi connectivity index (χ1v) is 5.55. The summed E-state index contributed by atoms with van der Waals surface area (Å²) in [6.45, 7) is 0. The zero-order valence-corrected chi connectivity index (χ0v) is 9.64. The SMILES string of the molecule is NC1(c2cc(F)c(I)c(F)c2)CCC1. The van der Waals surface area contributed by atoms with Gasteiger partial charge in [0.25, 0.3) is 0 Å². The highest BCUT2D eigenvalue weighted by Crippen LogP contribution is 2.39. The smallest absolute Gasteiger partial charge is 0.139 e. The summed E-state index contributed by atoms with van der Waals surface area (Å²) in [5, 5.41) is 0.